The summed E-state index contributed by atoms with van der Waals surface area (Å²) in [4.78, 5) is 27.9. The van der Waals surface area contributed by atoms with Crippen molar-refractivity contribution in [1.29, 1.82) is 0 Å². The van der Waals surface area contributed by atoms with Crippen molar-refractivity contribution in [2.24, 2.45) is 0 Å². The summed E-state index contributed by atoms with van der Waals surface area (Å²) >= 11 is 6.97. The maximum Gasteiger partial charge on any atom is 0.230 e. The molecule has 1 N–H and O–H groups in total. The van der Waals surface area contributed by atoms with Crippen molar-refractivity contribution >= 4 is 39.8 Å². The number of rotatable bonds is 4. The Labute approximate surface area is 130 Å². The number of Topliss-reactive ketones (excluding diaryl/α,β-unsaturated/α-hetero) is 1. The number of aryl methyl sites for hydroxylation is 1. The van der Waals surface area contributed by atoms with E-state index in [9.17, 15) is 14.0 Å². The molecule has 0 atom stereocenters. The molecule has 0 aliphatic carbocycles. The lowest BCUT2D eigenvalue weighted by atomic mass is 10.1. The molecule has 2 rings (SSSR count). The third kappa shape index (κ3) is 3.65. The first-order valence-electron chi connectivity index (χ1n) is 6.09. The highest BCUT2D eigenvalue weighted by molar-refractivity contribution is 7.17. The fraction of sp³-hybridized carbons (Fsp3) is 0.214. The number of aromatic nitrogens is 1. The van der Waals surface area contributed by atoms with E-state index in [0.717, 1.165) is 11.3 Å². The second kappa shape index (κ2) is 6.32. The molecule has 0 saturated carbocycles. The molecule has 0 spiro atoms. The van der Waals surface area contributed by atoms with Crippen molar-refractivity contribution in [3.05, 3.63) is 45.2 Å². The van der Waals surface area contributed by atoms with Crippen molar-refractivity contribution in [2.45, 2.75) is 20.3 Å². The van der Waals surface area contributed by atoms with Gasteiger partial charge in [0.25, 0.3) is 0 Å². The Balaban J connectivity index is 2.12. The Bertz CT molecular complexity index is 695. The van der Waals surface area contributed by atoms with E-state index in [4.69, 9.17) is 11.6 Å². The predicted octanol–water partition coefficient (Wildman–Crippen LogP) is 3.63. The zero-order valence-corrected chi connectivity index (χ0v) is 12.9. The Morgan fingerprint density at radius 1 is 1.43 bits per heavy atom. The number of hydrogen-bond donors (Lipinski definition) is 1. The topological polar surface area (TPSA) is 59.1 Å². The Morgan fingerprint density at radius 3 is 2.71 bits per heavy atom. The smallest absolute Gasteiger partial charge is 0.230 e. The van der Waals surface area contributed by atoms with Crippen molar-refractivity contribution in [2.75, 3.05) is 5.32 Å². The predicted molar refractivity (Wildman–Crippen MR) is 80.6 cm³/mol. The molecule has 0 aliphatic rings. The fourth-order valence-corrected chi connectivity index (χ4v) is 2.91. The van der Waals surface area contributed by atoms with E-state index in [1.807, 2.05) is 0 Å². The molecule has 0 unspecified atom stereocenters. The first-order valence-corrected chi connectivity index (χ1v) is 7.29. The van der Waals surface area contributed by atoms with Crippen molar-refractivity contribution in [3.63, 3.8) is 0 Å². The summed E-state index contributed by atoms with van der Waals surface area (Å²) in [7, 11) is 0. The van der Waals surface area contributed by atoms with Crippen LogP contribution < -0.4 is 5.32 Å². The summed E-state index contributed by atoms with van der Waals surface area (Å²) in [5.74, 6) is -1.08. The molecule has 4 nitrogen and oxygen atoms in total. The molecule has 0 fully saturated rings. The van der Waals surface area contributed by atoms with Gasteiger partial charge in [0.1, 0.15) is 5.82 Å². The maximum absolute atomic E-state index is 13.6. The number of carbonyl (C=O) groups is 2. The highest BCUT2D eigenvalue weighted by atomic mass is 35.5. The minimum absolute atomic E-state index is 0.109. The molecular weight excluding hydrogens is 315 g/mol. The summed E-state index contributed by atoms with van der Waals surface area (Å²) in [6.45, 7) is 3.13. The van der Waals surface area contributed by atoms with Crippen molar-refractivity contribution in [3.8, 4) is 0 Å². The van der Waals surface area contributed by atoms with Gasteiger partial charge in [-0.05, 0) is 19.1 Å². The number of anilines is 1. The average molecular weight is 327 g/mol. The molecule has 1 aromatic heterocycles. The number of halogens is 2. The second-order valence-corrected chi connectivity index (χ2v) is 5.82. The summed E-state index contributed by atoms with van der Waals surface area (Å²) in [6, 6.07) is 4.24. The molecule has 7 heteroatoms. The van der Waals surface area contributed by atoms with Gasteiger partial charge in [-0.2, -0.15) is 0 Å². The normalized spacial score (nSPS) is 10.5. The third-order valence-electron chi connectivity index (χ3n) is 2.76. The second-order valence-electron chi connectivity index (χ2n) is 4.41. The Hall–Kier alpha value is -1.79. The number of thiazole rings is 1. The van der Waals surface area contributed by atoms with E-state index in [1.54, 1.807) is 6.92 Å². The van der Waals surface area contributed by atoms with Gasteiger partial charge in [-0.15, -0.1) is 0 Å². The van der Waals surface area contributed by atoms with Gasteiger partial charge < -0.3 is 5.32 Å². The largest absolute Gasteiger partial charge is 0.302 e. The minimum Gasteiger partial charge on any atom is -0.302 e. The van der Waals surface area contributed by atoms with E-state index in [-0.39, 0.29) is 22.8 Å². The van der Waals surface area contributed by atoms with Crippen LogP contribution in [0.2, 0.25) is 5.02 Å². The van der Waals surface area contributed by atoms with Crippen LogP contribution in [-0.2, 0) is 11.2 Å². The van der Waals surface area contributed by atoms with Crippen molar-refractivity contribution < 1.29 is 14.0 Å². The van der Waals surface area contributed by atoms with Crippen LogP contribution in [0.25, 0.3) is 0 Å². The molecule has 1 aromatic carbocycles. The lowest BCUT2D eigenvalue weighted by Crippen LogP contribution is -2.15. The van der Waals surface area contributed by atoms with Crippen LogP contribution in [0, 0.1) is 12.7 Å². The van der Waals surface area contributed by atoms with E-state index < -0.39 is 11.7 Å². The Kier molecular flexibility index (Phi) is 4.69. The minimum atomic E-state index is -0.530. The standard InChI is InChI=1S/C14H12ClFN2O2S/c1-7-13(8(2)19)21-14(17-7)18-12(20)6-9-10(15)4-3-5-11(9)16/h3-5H,6H2,1-2H3,(H,17,18,20). The highest BCUT2D eigenvalue weighted by Gasteiger charge is 2.16. The number of amides is 1. The van der Waals surface area contributed by atoms with Gasteiger partial charge in [0.2, 0.25) is 5.91 Å². The Morgan fingerprint density at radius 2 is 2.14 bits per heavy atom. The van der Waals surface area contributed by atoms with Gasteiger partial charge in [0, 0.05) is 17.5 Å². The molecule has 1 heterocycles. The van der Waals surface area contributed by atoms with E-state index >= 15 is 0 Å². The van der Waals surface area contributed by atoms with Gasteiger partial charge in [-0.25, -0.2) is 9.37 Å². The number of nitrogens with one attached hydrogen (secondary N) is 1. The van der Waals surface area contributed by atoms with Gasteiger partial charge >= 0.3 is 0 Å². The molecule has 21 heavy (non-hydrogen) atoms. The highest BCUT2D eigenvalue weighted by Crippen LogP contribution is 2.24. The summed E-state index contributed by atoms with van der Waals surface area (Å²) in [6.07, 6.45) is -0.195. The van der Waals surface area contributed by atoms with E-state index in [2.05, 4.69) is 10.3 Å². The van der Waals surface area contributed by atoms with Gasteiger partial charge in [0.15, 0.2) is 10.9 Å². The monoisotopic (exact) mass is 326 g/mol. The third-order valence-corrected chi connectivity index (χ3v) is 4.29. The first-order chi connectivity index (χ1) is 9.88. The quantitative estimate of drug-likeness (QED) is 0.873. The number of hydrogen-bond acceptors (Lipinski definition) is 4. The summed E-state index contributed by atoms with van der Waals surface area (Å²) in [5, 5.41) is 3.07. The van der Waals surface area contributed by atoms with Gasteiger partial charge in [0.05, 0.1) is 17.0 Å². The lowest BCUT2D eigenvalue weighted by Gasteiger charge is -2.05. The average Bonchev–Trinajstić information content (AvgIpc) is 2.75. The molecule has 110 valence electrons. The molecule has 0 bridgehead atoms. The number of carbonyl (C=O) groups excluding carboxylic acids is 2. The molecule has 0 aliphatic heterocycles. The van der Waals surface area contributed by atoms with E-state index in [1.165, 1.54) is 25.1 Å². The zero-order valence-electron chi connectivity index (χ0n) is 11.4. The summed E-state index contributed by atoms with van der Waals surface area (Å²) < 4.78 is 13.6. The van der Waals surface area contributed by atoms with Gasteiger partial charge in [-0.3, -0.25) is 9.59 Å². The number of benzene rings is 1. The van der Waals surface area contributed by atoms with Gasteiger partial charge in [-0.1, -0.05) is 29.0 Å². The summed E-state index contributed by atoms with van der Waals surface area (Å²) in [5.41, 5.74) is 0.698. The molecule has 0 radical (unpaired) electrons. The number of ketones is 1. The van der Waals surface area contributed by atoms with Crippen LogP contribution in [0.5, 0.6) is 0 Å². The van der Waals surface area contributed by atoms with Crippen LogP contribution in [0.3, 0.4) is 0 Å². The van der Waals surface area contributed by atoms with E-state index in [0.29, 0.717) is 15.7 Å². The molecule has 0 saturated heterocycles. The first kappa shape index (κ1) is 15.6. The zero-order chi connectivity index (χ0) is 15.6. The molecule has 1 amide bonds. The van der Waals surface area contributed by atoms with Crippen LogP contribution in [0.4, 0.5) is 9.52 Å². The van der Waals surface area contributed by atoms with Crippen LogP contribution in [-0.4, -0.2) is 16.7 Å². The van der Waals surface area contributed by atoms with Crippen LogP contribution in [0.1, 0.15) is 27.9 Å². The lowest BCUT2D eigenvalue weighted by molar-refractivity contribution is -0.115. The molecule has 2 aromatic rings. The number of nitrogens with zero attached hydrogens (tertiary/aromatic N) is 1. The fourth-order valence-electron chi connectivity index (χ4n) is 1.80. The van der Waals surface area contributed by atoms with Crippen molar-refractivity contribution in [1.82, 2.24) is 4.98 Å². The van der Waals surface area contributed by atoms with Crippen LogP contribution in [0.15, 0.2) is 18.2 Å². The van der Waals surface area contributed by atoms with Crippen LogP contribution >= 0.6 is 22.9 Å². The molecular formula is C14H12ClFN2O2S. The maximum atomic E-state index is 13.6. The SMILES string of the molecule is CC(=O)c1sc(NC(=O)Cc2c(F)cccc2Cl)nc1C.